The standard InChI is InChI=1S/C11H10FN4O2.Y/c1-6-13-3-9-10(15-6)16(5-14-9)11-8(12)2-7(4-17)18-11;/h2,5,7,11,17H,4H2,1H3;/q-1;/t7-,11+;/m0./s1. The number of rotatable bonds is 2. The molecule has 3 rings (SSSR count). The summed E-state index contributed by atoms with van der Waals surface area (Å²) in [6, 6.07) is 0. The number of halogens is 1. The van der Waals surface area contributed by atoms with E-state index in [2.05, 4.69) is 21.1 Å². The molecule has 0 aliphatic carbocycles. The molecule has 0 aromatic carbocycles. The van der Waals surface area contributed by atoms with Crippen LogP contribution in [0.5, 0.6) is 0 Å². The summed E-state index contributed by atoms with van der Waals surface area (Å²) in [6.45, 7) is 1.45. The molecule has 8 heteroatoms. The number of fused-ring (bicyclic) bond motifs is 1. The molecule has 0 saturated heterocycles. The van der Waals surface area contributed by atoms with Crippen LogP contribution < -0.4 is 0 Å². The summed E-state index contributed by atoms with van der Waals surface area (Å²) >= 11 is 0. The average molecular weight is 338 g/mol. The van der Waals surface area contributed by atoms with Crippen molar-refractivity contribution in [1.29, 1.82) is 0 Å². The largest absolute Gasteiger partial charge is 0.393 e. The molecular weight excluding hydrogens is 328 g/mol. The average Bonchev–Trinajstić information content (AvgIpc) is 2.92. The van der Waals surface area contributed by atoms with E-state index in [1.54, 1.807) is 6.92 Å². The van der Waals surface area contributed by atoms with Crippen molar-refractivity contribution in [2.45, 2.75) is 19.3 Å². The van der Waals surface area contributed by atoms with Crippen LogP contribution >= 0.6 is 0 Å². The van der Waals surface area contributed by atoms with E-state index < -0.39 is 18.2 Å². The molecule has 2 aromatic rings. The van der Waals surface area contributed by atoms with Gasteiger partial charge in [-0.05, 0) is 12.3 Å². The van der Waals surface area contributed by atoms with Crippen molar-refractivity contribution in [3.8, 4) is 0 Å². The fourth-order valence-electron chi connectivity index (χ4n) is 1.85. The Morgan fingerprint density at radius 2 is 2.37 bits per heavy atom. The maximum absolute atomic E-state index is 13.7. The third-order valence-corrected chi connectivity index (χ3v) is 2.68. The predicted molar refractivity (Wildman–Crippen MR) is 59.1 cm³/mol. The van der Waals surface area contributed by atoms with Crippen LogP contribution in [0.2, 0.25) is 0 Å². The molecule has 2 atom stereocenters. The fourth-order valence-corrected chi connectivity index (χ4v) is 1.85. The third-order valence-electron chi connectivity index (χ3n) is 2.68. The van der Waals surface area contributed by atoms with Gasteiger partial charge >= 0.3 is 0 Å². The molecule has 0 bridgehead atoms. The van der Waals surface area contributed by atoms with Gasteiger partial charge in [0.15, 0.2) is 6.23 Å². The van der Waals surface area contributed by atoms with Crippen molar-refractivity contribution in [2.75, 3.05) is 6.61 Å². The summed E-state index contributed by atoms with van der Waals surface area (Å²) in [7, 11) is 0. The number of aryl methyl sites for hydroxylation is 1. The first kappa shape index (κ1) is 14.6. The molecule has 1 aliphatic heterocycles. The zero-order valence-corrected chi connectivity index (χ0v) is 13.0. The number of imidazole rings is 1. The normalized spacial score (nSPS) is 22.4. The molecule has 0 amide bonds. The van der Waals surface area contributed by atoms with Gasteiger partial charge in [-0.2, -0.15) is 0 Å². The Balaban J connectivity index is 0.00000133. The van der Waals surface area contributed by atoms with E-state index in [1.807, 2.05) is 0 Å². The minimum atomic E-state index is -0.935. The van der Waals surface area contributed by atoms with E-state index in [9.17, 15) is 4.39 Å². The summed E-state index contributed by atoms with van der Waals surface area (Å²) in [4.78, 5) is 12.1. The number of nitrogens with zero attached hydrogens (tertiary/aromatic N) is 4. The molecule has 0 saturated carbocycles. The van der Waals surface area contributed by atoms with Crippen molar-refractivity contribution in [2.24, 2.45) is 0 Å². The summed E-state index contributed by atoms with van der Waals surface area (Å²) in [5.74, 6) is 0.0509. The van der Waals surface area contributed by atoms with Crippen LogP contribution in [0.3, 0.4) is 0 Å². The van der Waals surface area contributed by atoms with Gasteiger partial charge in [-0.1, -0.05) is 6.92 Å². The molecule has 2 aromatic heterocycles. The van der Waals surface area contributed by atoms with Gasteiger partial charge in [0.2, 0.25) is 0 Å². The third kappa shape index (κ3) is 2.60. The van der Waals surface area contributed by atoms with Gasteiger partial charge in [-0.15, -0.1) is 0 Å². The van der Waals surface area contributed by atoms with Gasteiger partial charge in [0.25, 0.3) is 0 Å². The second-order valence-corrected chi connectivity index (χ2v) is 3.97. The Hall–Kier alpha value is -0.756. The van der Waals surface area contributed by atoms with E-state index in [0.29, 0.717) is 17.0 Å². The molecule has 3 heterocycles. The Bertz CT molecular complexity index is 630. The van der Waals surface area contributed by atoms with Crippen molar-refractivity contribution >= 4 is 11.2 Å². The molecule has 0 fully saturated rings. The first-order valence-electron chi connectivity index (χ1n) is 5.41. The van der Waals surface area contributed by atoms with Gasteiger partial charge < -0.3 is 24.4 Å². The van der Waals surface area contributed by atoms with Crippen LogP contribution in [-0.4, -0.2) is 37.3 Å². The van der Waals surface area contributed by atoms with E-state index >= 15 is 0 Å². The van der Waals surface area contributed by atoms with E-state index in [0.717, 1.165) is 0 Å². The van der Waals surface area contributed by atoms with Crippen molar-refractivity contribution in [3.63, 3.8) is 0 Å². The SMILES string of the molecule is Cc1n[c-]c2ncn([C@@H]3O[C@H](CO)C=C3F)c2n1.[Y]. The zero-order chi connectivity index (χ0) is 12.7. The molecule has 1 N–H and O–H groups in total. The second kappa shape index (κ2) is 5.70. The second-order valence-electron chi connectivity index (χ2n) is 3.97. The first-order valence-corrected chi connectivity index (χ1v) is 5.41. The molecule has 19 heavy (non-hydrogen) atoms. The van der Waals surface area contributed by atoms with Gasteiger partial charge in [0.05, 0.1) is 18.6 Å². The Morgan fingerprint density at radius 3 is 3.05 bits per heavy atom. The number of aliphatic hydroxyl groups is 1. The Morgan fingerprint density at radius 1 is 1.58 bits per heavy atom. The quantitative estimate of drug-likeness (QED) is 0.815. The Labute approximate surface area is 133 Å². The summed E-state index contributed by atoms with van der Waals surface area (Å²) < 4.78 is 20.5. The number of hydrogen-bond acceptors (Lipinski definition) is 5. The van der Waals surface area contributed by atoms with E-state index in [1.165, 1.54) is 17.0 Å². The van der Waals surface area contributed by atoms with Crippen LogP contribution in [0.1, 0.15) is 12.1 Å². The smallest absolute Gasteiger partial charge is 0.179 e. The van der Waals surface area contributed by atoms with Gasteiger partial charge in [-0.3, -0.25) is 4.98 Å². The van der Waals surface area contributed by atoms with Gasteiger partial charge in [0.1, 0.15) is 11.9 Å². The predicted octanol–water partition coefficient (Wildman–Crippen LogP) is 0.676. The van der Waals surface area contributed by atoms with Crippen LogP contribution in [-0.2, 0) is 37.4 Å². The van der Waals surface area contributed by atoms with Crippen LogP contribution in [0, 0.1) is 13.1 Å². The number of aliphatic hydroxyl groups excluding tert-OH is 1. The van der Waals surface area contributed by atoms with Gasteiger partial charge in [-0.25, -0.2) is 4.39 Å². The van der Waals surface area contributed by atoms with Gasteiger partial charge in [0, 0.05) is 44.1 Å². The maximum Gasteiger partial charge on any atom is 0.179 e. The fraction of sp³-hybridized carbons (Fsp3) is 0.364. The number of ether oxygens (including phenoxy) is 1. The van der Waals surface area contributed by atoms with Crippen LogP contribution in [0.4, 0.5) is 4.39 Å². The number of hydrogen-bond donors (Lipinski definition) is 1. The molecule has 1 radical (unpaired) electrons. The van der Waals surface area contributed by atoms with Crippen molar-refractivity contribution in [3.05, 3.63) is 30.3 Å². The van der Waals surface area contributed by atoms with Crippen LogP contribution in [0.15, 0.2) is 18.2 Å². The van der Waals surface area contributed by atoms with E-state index in [-0.39, 0.29) is 39.3 Å². The molecule has 6 nitrogen and oxygen atoms in total. The molecule has 0 unspecified atom stereocenters. The summed E-state index contributed by atoms with van der Waals surface area (Å²) in [6.07, 6.45) is 3.80. The Kier molecular flexibility index (Phi) is 4.40. The van der Waals surface area contributed by atoms with Crippen LogP contribution in [0.25, 0.3) is 11.2 Å². The molecule has 97 valence electrons. The maximum atomic E-state index is 13.7. The topological polar surface area (TPSA) is 73.1 Å². The zero-order valence-electron chi connectivity index (χ0n) is 10.1. The van der Waals surface area contributed by atoms with Crippen molar-refractivity contribution < 1.29 is 46.9 Å². The minimum absolute atomic E-state index is 0. The molecule has 0 spiro atoms. The van der Waals surface area contributed by atoms with Crippen molar-refractivity contribution in [1.82, 2.24) is 19.5 Å². The summed E-state index contributed by atoms with van der Waals surface area (Å²) in [5.41, 5.74) is 0.902. The minimum Gasteiger partial charge on any atom is -0.393 e. The molecule has 1 aliphatic rings. The van der Waals surface area contributed by atoms with E-state index in [4.69, 9.17) is 9.84 Å². The molecular formula is C11H10FN4O2Y-. The number of aromatic nitrogens is 4. The first-order chi connectivity index (χ1) is 8.69. The monoisotopic (exact) mass is 338 g/mol. The summed E-state index contributed by atoms with van der Waals surface area (Å²) in [5, 5.41) is 8.96.